The second-order valence-electron chi connectivity index (χ2n) is 3.75. The van der Waals surface area contributed by atoms with Crippen LogP contribution in [0.3, 0.4) is 0 Å². The molecule has 0 aliphatic carbocycles. The minimum absolute atomic E-state index is 0.125. The van der Waals surface area contributed by atoms with Gasteiger partial charge in [-0.15, -0.1) is 0 Å². The summed E-state index contributed by atoms with van der Waals surface area (Å²) in [5.74, 6) is 0. The number of ether oxygens (including phenoxy) is 5. The van der Waals surface area contributed by atoms with E-state index in [1.54, 1.807) is 0 Å². The molecule has 1 heterocycles. The molecule has 7 nitrogen and oxygen atoms in total. The average Bonchev–Trinajstić information content (AvgIpc) is 2.38. The predicted octanol–water partition coefficient (Wildman–Crippen LogP) is -0.958. The molecule has 106 valence electrons. The maximum Gasteiger partial charge on any atom is 0.352 e. The first-order valence-corrected chi connectivity index (χ1v) is 5.73. The van der Waals surface area contributed by atoms with E-state index in [9.17, 15) is 10.2 Å². The van der Waals surface area contributed by atoms with E-state index in [-0.39, 0.29) is 11.8 Å². The summed E-state index contributed by atoms with van der Waals surface area (Å²) in [4.78, 5) is 0. The number of hydrogen-bond donors (Lipinski definition) is 2. The maximum atomic E-state index is 9.97. The highest BCUT2D eigenvalue weighted by atomic mass is 32.1. The standard InChI is InChI=1S/C10H18O7S/c1-13-4-5-6(11)7(12)8(9(14-2)16-5)17-10(18)15-3/h5-9,11-12H,4H2,1-3H3. The molecule has 8 heteroatoms. The van der Waals surface area contributed by atoms with Crippen molar-refractivity contribution in [3.05, 3.63) is 0 Å². The van der Waals surface area contributed by atoms with Crippen LogP contribution < -0.4 is 0 Å². The monoisotopic (exact) mass is 282 g/mol. The van der Waals surface area contributed by atoms with Crippen molar-refractivity contribution in [3.8, 4) is 0 Å². The van der Waals surface area contributed by atoms with Crippen molar-refractivity contribution < 1.29 is 33.9 Å². The number of aliphatic hydroxyl groups excluding tert-OH is 2. The fourth-order valence-electron chi connectivity index (χ4n) is 1.68. The van der Waals surface area contributed by atoms with Crippen molar-refractivity contribution in [1.29, 1.82) is 0 Å². The largest absolute Gasteiger partial charge is 0.460 e. The van der Waals surface area contributed by atoms with Gasteiger partial charge in [-0.1, -0.05) is 0 Å². The first-order valence-electron chi connectivity index (χ1n) is 5.33. The third-order valence-corrected chi connectivity index (χ3v) is 2.87. The lowest BCUT2D eigenvalue weighted by molar-refractivity contribution is -0.293. The van der Waals surface area contributed by atoms with Gasteiger partial charge >= 0.3 is 5.24 Å². The molecule has 0 aromatic heterocycles. The van der Waals surface area contributed by atoms with Crippen molar-refractivity contribution in [3.63, 3.8) is 0 Å². The van der Waals surface area contributed by atoms with E-state index in [0.29, 0.717) is 0 Å². The topological polar surface area (TPSA) is 86.6 Å². The van der Waals surface area contributed by atoms with Crippen LogP contribution in [-0.2, 0) is 23.7 Å². The predicted molar refractivity (Wildman–Crippen MR) is 64.0 cm³/mol. The Morgan fingerprint density at radius 2 is 1.89 bits per heavy atom. The first kappa shape index (κ1) is 15.5. The van der Waals surface area contributed by atoms with E-state index >= 15 is 0 Å². The van der Waals surface area contributed by atoms with Gasteiger partial charge in [0, 0.05) is 26.4 Å². The van der Waals surface area contributed by atoms with E-state index < -0.39 is 30.7 Å². The number of aliphatic hydroxyl groups is 2. The van der Waals surface area contributed by atoms with Crippen molar-refractivity contribution in [2.24, 2.45) is 0 Å². The third-order valence-electron chi connectivity index (χ3n) is 2.61. The van der Waals surface area contributed by atoms with Gasteiger partial charge in [0.15, 0.2) is 12.4 Å². The summed E-state index contributed by atoms with van der Waals surface area (Å²) in [7, 11) is 4.20. The number of thiocarbonyl (C=S) groups is 1. The smallest absolute Gasteiger partial charge is 0.352 e. The van der Waals surface area contributed by atoms with Crippen LogP contribution in [0.5, 0.6) is 0 Å². The molecule has 5 atom stereocenters. The SMILES string of the molecule is COCC1OC(OC)C(OC(=S)OC)C(O)C1O. The summed E-state index contributed by atoms with van der Waals surface area (Å²) in [6.07, 6.45) is -4.94. The molecule has 1 aliphatic rings. The van der Waals surface area contributed by atoms with Gasteiger partial charge in [0.2, 0.25) is 0 Å². The Labute approximate surface area is 111 Å². The van der Waals surface area contributed by atoms with E-state index in [2.05, 4.69) is 4.74 Å². The van der Waals surface area contributed by atoms with E-state index in [1.165, 1.54) is 21.3 Å². The quantitative estimate of drug-likeness (QED) is 0.638. The Kier molecular flexibility index (Phi) is 6.19. The van der Waals surface area contributed by atoms with Crippen LogP contribution in [0.15, 0.2) is 0 Å². The van der Waals surface area contributed by atoms with Gasteiger partial charge in [-0.2, -0.15) is 0 Å². The fourth-order valence-corrected chi connectivity index (χ4v) is 1.79. The number of methoxy groups -OCH3 is 3. The Hall–Kier alpha value is -0.510. The number of rotatable bonds is 4. The summed E-state index contributed by atoms with van der Waals surface area (Å²) in [6, 6.07) is 0. The van der Waals surface area contributed by atoms with Gasteiger partial charge < -0.3 is 33.9 Å². The highest BCUT2D eigenvalue weighted by molar-refractivity contribution is 7.79. The van der Waals surface area contributed by atoms with E-state index in [0.717, 1.165) is 0 Å². The zero-order valence-electron chi connectivity index (χ0n) is 10.4. The van der Waals surface area contributed by atoms with Gasteiger partial charge in [-0.3, -0.25) is 0 Å². The molecule has 0 spiro atoms. The first-order chi connectivity index (χ1) is 8.54. The number of hydrogen-bond acceptors (Lipinski definition) is 8. The Morgan fingerprint density at radius 3 is 2.39 bits per heavy atom. The second kappa shape index (κ2) is 7.17. The van der Waals surface area contributed by atoms with Gasteiger partial charge in [0.05, 0.1) is 13.7 Å². The summed E-state index contributed by atoms with van der Waals surface area (Å²) in [5, 5.41) is 19.7. The Bertz CT molecular complexity index is 273. The molecule has 0 aromatic rings. The molecule has 0 aromatic carbocycles. The molecule has 1 fully saturated rings. The van der Waals surface area contributed by atoms with Crippen LogP contribution >= 0.6 is 12.2 Å². The average molecular weight is 282 g/mol. The molecule has 2 N–H and O–H groups in total. The lowest BCUT2D eigenvalue weighted by Crippen LogP contribution is -2.60. The second-order valence-corrected chi connectivity index (χ2v) is 4.09. The molecule has 0 saturated carbocycles. The third kappa shape index (κ3) is 3.50. The summed E-state index contributed by atoms with van der Waals surface area (Å²) < 4.78 is 25.2. The minimum Gasteiger partial charge on any atom is -0.460 e. The van der Waals surface area contributed by atoms with Crippen LogP contribution in [-0.4, -0.2) is 74.1 Å². The van der Waals surface area contributed by atoms with Crippen LogP contribution in [0.4, 0.5) is 0 Å². The van der Waals surface area contributed by atoms with Crippen molar-refractivity contribution in [2.75, 3.05) is 27.9 Å². The molecule has 0 radical (unpaired) electrons. The summed E-state index contributed by atoms with van der Waals surface area (Å²) in [6.45, 7) is 0.125. The normalized spacial score (nSPS) is 36.2. The van der Waals surface area contributed by atoms with Crippen LogP contribution in [0, 0.1) is 0 Å². The molecule has 1 saturated heterocycles. The Morgan fingerprint density at radius 1 is 1.22 bits per heavy atom. The minimum atomic E-state index is -1.23. The lowest BCUT2D eigenvalue weighted by atomic mass is 9.99. The summed E-state index contributed by atoms with van der Waals surface area (Å²) >= 11 is 4.74. The van der Waals surface area contributed by atoms with Crippen molar-refractivity contribution in [1.82, 2.24) is 0 Å². The molecular weight excluding hydrogens is 264 g/mol. The molecule has 1 aliphatic heterocycles. The fraction of sp³-hybridized carbons (Fsp3) is 0.900. The van der Waals surface area contributed by atoms with Gasteiger partial charge in [0.1, 0.15) is 18.3 Å². The van der Waals surface area contributed by atoms with Crippen molar-refractivity contribution in [2.45, 2.75) is 30.7 Å². The zero-order chi connectivity index (χ0) is 13.7. The van der Waals surface area contributed by atoms with Crippen LogP contribution in [0.2, 0.25) is 0 Å². The molecule has 5 unspecified atom stereocenters. The molecule has 18 heavy (non-hydrogen) atoms. The summed E-state index contributed by atoms with van der Waals surface area (Å²) in [5.41, 5.74) is 0. The van der Waals surface area contributed by atoms with Crippen molar-refractivity contribution >= 4 is 17.5 Å². The molecular formula is C10H18O7S. The molecule has 0 bridgehead atoms. The maximum absolute atomic E-state index is 9.97. The van der Waals surface area contributed by atoms with Gasteiger partial charge in [-0.05, 0) is 0 Å². The van der Waals surface area contributed by atoms with Crippen LogP contribution in [0.25, 0.3) is 0 Å². The highest BCUT2D eigenvalue weighted by Gasteiger charge is 2.46. The molecule has 1 rings (SSSR count). The highest BCUT2D eigenvalue weighted by Crippen LogP contribution is 2.24. The van der Waals surface area contributed by atoms with E-state index in [4.69, 9.17) is 31.2 Å². The zero-order valence-corrected chi connectivity index (χ0v) is 11.3. The van der Waals surface area contributed by atoms with Crippen LogP contribution in [0.1, 0.15) is 0 Å². The van der Waals surface area contributed by atoms with Gasteiger partial charge in [0.25, 0.3) is 0 Å². The Balaban J connectivity index is 2.74. The molecule has 0 amide bonds. The van der Waals surface area contributed by atoms with E-state index in [1.807, 2.05) is 0 Å². The lowest BCUT2D eigenvalue weighted by Gasteiger charge is -2.41. The van der Waals surface area contributed by atoms with Gasteiger partial charge in [-0.25, -0.2) is 0 Å².